The number of carbonyl (C=O) groups is 4. The van der Waals surface area contributed by atoms with Gasteiger partial charge in [-0.25, -0.2) is 4.79 Å². The van der Waals surface area contributed by atoms with Gasteiger partial charge in [-0.15, -0.1) is 0 Å². The summed E-state index contributed by atoms with van der Waals surface area (Å²) in [5.74, 6) is -2.49. The number of hydrogen-bond donors (Lipinski definition) is 5. The Morgan fingerprint density at radius 1 is 1.07 bits per heavy atom. The van der Waals surface area contributed by atoms with Gasteiger partial charge in [0.25, 0.3) is 0 Å². The van der Waals surface area contributed by atoms with E-state index in [1.807, 2.05) is 27.7 Å². The Morgan fingerprint density at radius 2 is 1.76 bits per heavy atom. The van der Waals surface area contributed by atoms with Crippen molar-refractivity contribution in [3.8, 4) is 0 Å². The lowest BCUT2D eigenvalue weighted by molar-refractivity contribution is -0.123. The molecule has 45 heavy (non-hydrogen) atoms. The largest absolute Gasteiger partial charge is 0.465 e. The lowest BCUT2D eigenvalue weighted by Gasteiger charge is -2.30. The van der Waals surface area contributed by atoms with Crippen LogP contribution in [0, 0.1) is 23.7 Å². The van der Waals surface area contributed by atoms with Crippen LogP contribution in [0.2, 0.25) is 0 Å². The number of pyridine rings is 1. The Morgan fingerprint density at radius 3 is 2.33 bits per heavy atom. The highest BCUT2D eigenvalue weighted by molar-refractivity contribution is 6.16. The van der Waals surface area contributed by atoms with Gasteiger partial charge in [-0.3, -0.25) is 19.4 Å². The van der Waals surface area contributed by atoms with E-state index in [4.69, 9.17) is 16.2 Å². The third kappa shape index (κ3) is 9.40. The number of nitrogens with two attached hydrogens (primary N) is 2. The van der Waals surface area contributed by atoms with Crippen molar-refractivity contribution in [3.05, 3.63) is 28.6 Å². The van der Waals surface area contributed by atoms with Crippen LogP contribution in [0.3, 0.4) is 0 Å². The van der Waals surface area contributed by atoms with Crippen LogP contribution in [-0.4, -0.2) is 71.4 Å². The number of nitrogens with zero attached hydrogens (tertiary/aromatic N) is 1. The van der Waals surface area contributed by atoms with Crippen molar-refractivity contribution in [1.29, 1.82) is 0 Å². The number of carbonyl (C=O) groups excluding carboxylic acids is 4. The number of aliphatic hydroxyl groups excluding tert-OH is 1. The average Bonchev–Trinajstić information content (AvgIpc) is 3.59. The molecule has 0 spiro atoms. The van der Waals surface area contributed by atoms with E-state index in [0.717, 1.165) is 19.3 Å². The van der Waals surface area contributed by atoms with Crippen LogP contribution in [0.1, 0.15) is 129 Å². The Labute approximate surface area is 268 Å². The SMILES string of the molecule is CC[C@H](C)[C@H](N)C(=O)NCc1ncc(C(=O)C(C[C@H](O)[C@@H](N)CC2CCCCC2)C(C)C)c(C(=O)[C@H]2CCCN2)c1C(=O)OC. The van der Waals surface area contributed by atoms with Gasteiger partial charge in [0.1, 0.15) is 0 Å². The molecule has 7 N–H and O–H groups in total. The Balaban J connectivity index is 1.99. The number of ketones is 2. The number of aliphatic hydroxyl groups is 1. The van der Waals surface area contributed by atoms with Gasteiger partial charge in [0, 0.05) is 29.3 Å². The molecule has 2 fully saturated rings. The predicted octanol–water partition coefficient (Wildman–Crippen LogP) is 3.30. The zero-order valence-electron chi connectivity index (χ0n) is 27.8. The molecule has 0 bridgehead atoms. The first-order valence-electron chi connectivity index (χ1n) is 16.8. The number of hydrogen-bond acceptors (Lipinski definition) is 10. The van der Waals surface area contributed by atoms with Crippen molar-refractivity contribution in [2.75, 3.05) is 13.7 Å². The number of esters is 1. The normalized spacial score (nSPS) is 20.7. The number of rotatable bonds is 16. The third-order valence-corrected chi connectivity index (χ3v) is 9.89. The molecule has 1 saturated carbocycles. The van der Waals surface area contributed by atoms with Crippen LogP contribution >= 0.6 is 0 Å². The van der Waals surface area contributed by atoms with Gasteiger partial charge in [-0.1, -0.05) is 66.2 Å². The second-order valence-corrected chi connectivity index (χ2v) is 13.4. The smallest absolute Gasteiger partial charge is 0.340 e. The molecule has 1 aliphatic heterocycles. The average molecular weight is 630 g/mol. The van der Waals surface area contributed by atoms with Gasteiger partial charge in [-0.05, 0) is 50.0 Å². The highest BCUT2D eigenvalue weighted by Crippen LogP contribution is 2.32. The number of nitrogens with one attached hydrogen (secondary N) is 2. The predicted molar refractivity (Wildman–Crippen MR) is 173 cm³/mol. The molecule has 1 aliphatic carbocycles. The van der Waals surface area contributed by atoms with Crippen molar-refractivity contribution in [2.24, 2.45) is 35.1 Å². The van der Waals surface area contributed by atoms with Crippen molar-refractivity contribution in [1.82, 2.24) is 15.6 Å². The van der Waals surface area contributed by atoms with E-state index in [1.165, 1.54) is 32.6 Å². The summed E-state index contributed by atoms with van der Waals surface area (Å²) in [6.07, 6.45) is 9.05. The second-order valence-electron chi connectivity index (χ2n) is 13.4. The van der Waals surface area contributed by atoms with Crippen molar-refractivity contribution in [3.63, 3.8) is 0 Å². The first-order valence-corrected chi connectivity index (χ1v) is 16.8. The fourth-order valence-electron chi connectivity index (χ4n) is 6.61. The fourth-order valence-corrected chi connectivity index (χ4v) is 6.61. The van der Waals surface area contributed by atoms with E-state index in [1.54, 1.807) is 0 Å². The molecule has 3 rings (SSSR count). The summed E-state index contributed by atoms with van der Waals surface area (Å²) < 4.78 is 5.09. The van der Waals surface area contributed by atoms with Crippen LogP contribution in [0.5, 0.6) is 0 Å². The zero-order valence-corrected chi connectivity index (χ0v) is 27.8. The molecule has 1 aromatic rings. The maximum Gasteiger partial charge on any atom is 0.340 e. The molecule has 11 nitrogen and oxygen atoms in total. The first-order chi connectivity index (χ1) is 21.4. The minimum atomic E-state index is -0.906. The zero-order chi connectivity index (χ0) is 33.3. The molecule has 1 amide bonds. The molecule has 2 heterocycles. The van der Waals surface area contributed by atoms with Crippen LogP contribution < -0.4 is 22.1 Å². The lowest BCUT2D eigenvalue weighted by atomic mass is 9.78. The van der Waals surface area contributed by atoms with Crippen molar-refractivity contribution < 1.29 is 29.0 Å². The number of ether oxygens (including phenoxy) is 1. The Bertz CT molecular complexity index is 1180. The number of amides is 1. The highest BCUT2D eigenvalue weighted by atomic mass is 16.5. The van der Waals surface area contributed by atoms with Gasteiger partial charge in [0.05, 0.1) is 43.1 Å². The highest BCUT2D eigenvalue weighted by Gasteiger charge is 2.37. The molecule has 11 heteroatoms. The molecule has 1 aromatic heterocycles. The number of aromatic nitrogens is 1. The van der Waals surface area contributed by atoms with Gasteiger partial charge in [0.15, 0.2) is 11.6 Å². The van der Waals surface area contributed by atoms with E-state index < -0.39 is 47.8 Å². The molecule has 6 atom stereocenters. The van der Waals surface area contributed by atoms with Crippen LogP contribution in [0.15, 0.2) is 6.20 Å². The van der Waals surface area contributed by atoms with E-state index in [0.29, 0.717) is 31.7 Å². The lowest BCUT2D eigenvalue weighted by Crippen LogP contribution is -2.44. The van der Waals surface area contributed by atoms with Crippen LogP contribution in [0.4, 0.5) is 0 Å². The molecule has 2 aliphatic rings. The fraction of sp³-hybridized carbons (Fsp3) is 0.735. The summed E-state index contributed by atoms with van der Waals surface area (Å²) in [7, 11) is 1.20. The van der Waals surface area contributed by atoms with Gasteiger partial charge < -0.3 is 31.9 Å². The van der Waals surface area contributed by atoms with E-state index >= 15 is 0 Å². The molecule has 1 unspecified atom stereocenters. The van der Waals surface area contributed by atoms with E-state index in [-0.39, 0.29) is 53.0 Å². The number of methoxy groups -OCH3 is 1. The molecule has 0 aromatic carbocycles. The van der Waals surface area contributed by atoms with Gasteiger partial charge >= 0.3 is 5.97 Å². The summed E-state index contributed by atoms with van der Waals surface area (Å²) in [5, 5.41) is 17.1. The standard InChI is InChI=1S/C34H55N5O6/c1-6-20(4)30(36)33(43)39-18-26-29(34(44)45-5)28(32(42)25-13-10-14-37-25)23(17-38-26)31(41)22(19(2)3)16-27(40)24(35)15-21-11-8-7-9-12-21/h17,19-22,24-25,27,30,37,40H,6-16,18,35-36H2,1-5H3,(H,39,43)/t20-,22?,24-,25+,27-,30-/m0/s1. The maximum absolute atomic E-state index is 14.3. The third-order valence-electron chi connectivity index (χ3n) is 9.89. The van der Waals surface area contributed by atoms with Crippen LogP contribution in [0.25, 0.3) is 0 Å². The molecule has 1 saturated heterocycles. The summed E-state index contributed by atoms with van der Waals surface area (Å²) >= 11 is 0. The molecule has 0 radical (unpaired) electrons. The summed E-state index contributed by atoms with van der Waals surface area (Å²) in [6.45, 7) is 8.05. The topological polar surface area (TPSA) is 187 Å². The molecule has 252 valence electrons. The van der Waals surface area contributed by atoms with Crippen molar-refractivity contribution in [2.45, 2.75) is 123 Å². The summed E-state index contributed by atoms with van der Waals surface area (Å²) in [4.78, 5) is 58.9. The minimum absolute atomic E-state index is 0.00670. The monoisotopic (exact) mass is 629 g/mol. The maximum atomic E-state index is 14.3. The molecular formula is C34H55N5O6. The van der Waals surface area contributed by atoms with Gasteiger partial charge in [-0.2, -0.15) is 0 Å². The second kappa shape index (κ2) is 17.3. The van der Waals surface area contributed by atoms with Gasteiger partial charge in [0.2, 0.25) is 5.91 Å². The Kier molecular flexibility index (Phi) is 14.1. The Hall–Kier alpha value is -2.73. The first kappa shape index (κ1) is 36.7. The quantitative estimate of drug-likeness (QED) is 0.134. The summed E-state index contributed by atoms with van der Waals surface area (Å²) in [6, 6.07) is -1.82. The van der Waals surface area contributed by atoms with E-state index in [2.05, 4.69) is 15.6 Å². The molecular weight excluding hydrogens is 574 g/mol. The van der Waals surface area contributed by atoms with Crippen molar-refractivity contribution >= 4 is 23.4 Å². The summed E-state index contributed by atoms with van der Waals surface area (Å²) in [5.41, 5.74) is 12.5. The van der Waals surface area contributed by atoms with Crippen LogP contribution in [-0.2, 0) is 16.1 Å². The number of Topliss-reactive ketones (excluding diaryl/α,β-unsaturated/α-hetero) is 2. The van der Waals surface area contributed by atoms with E-state index in [9.17, 15) is 24.3 Å². The minimum Gasteiger partial charge on any atom is -0.465 e.